The topological polar surface area (TPSA) is 54.4 Å². The van der Waals surface area contributed by atoms with Crippen molar-refractivity contribution in [3.63, 3.8) is 0 Å². The molecule has 0 aliphatic carbocycles. The van der Waals surface area contributed by atoms with Crippen LogP contribution >= 0.6 is 12.2 Å². The van der Waals surface area contributed by atoms with Crippen LogP contribution in [0.2, 0.25) is 0 Å². The quantitative estimate of drug-likeness (QED) is 0.329. The molecule has 0 saturated carbocycles. The van der Waals surface area contributed by atoms with Gasteiger partial charge in [-0.2, -0.15) is 8.42 Å². The highest BCUT2D eigenvalue weighted by atomic mass is 32.2. The Balaban J connectivity index is 3.75. The third-order valence-corrected chi connectivity index (χ3v) is 4.54. The summed E-state index contributed by atoms with van der Waals surface area (Å²) in [6.45, 7) is 4.08. The van der Waals surface area contributed by atoms with Crippen LogP contribution in [0.4, 0.5) is 0 Å². The van der Waals surface area contributed by atoms with E-state index in [1.165, 1.54) is 38.5 Å². The first kappa shape index (κ1) is 19.0. The second-order valence-corrected chi connectivity index (χ2v) is 7.51. The van der Waals surface area contributed by atoms with Gasteiger partial charge in [-0.15, -0.1) is 0 Å². The molecular weight excluding hydrogens is 280 g/mol. The first-order chi connectivity index (χ1) is 8.87. The number of rotatable bonds is 12. The normalized spacial score (nSPS) is 13.4. The van der Waals surface area contributed by atoms with E-state index >= 15 is 0 Å². The first-order valence-electron chi connectivity index (χ1n) is 7.32. The molecule has 0 aromatic heterocycles. The summed E-state index contributed by atoms with van der Waals surface area (Å²) in [6, 6.07) is 0. The van der Waals surface area contributed by atoms with E-state index in [0.29, 0.717) is 6.42 Å². The minimum Gasteiger partial charge on any atom is -0.286 e. The predicted octanol–water partition coefficient (Wildman–Crippen LogP) is 4.41. The Morgan fingerprint density at radius 3 is 2.05 bits per heavy atom. The van der Waals surface area contributed by atoms with Crippen molar-refractivity contribution in [2.24, 2.45) is 5.92 Å². The lowest BCUT2D eigenvalue weighted by molar-refractivity contribution is 0.471. The van der Waals surface area contributed by atoms with Gasteiger partial charge in [-0.1, -0.05) is 64.1 Å². The van der Waals surface area contributed by atoms with Crippen molar-refractivity contribution in [1.82, 2.24) is 0 Å². The third-order valence-electron chi connectivity index (χ3n) is 3.46. The minimum absolute atomic E-state index is 0.146. The molecule has 0 aliphatic rings. The van der Waals surface area contributed by atoms with Gasteiger partial charge in [0.05, 0.1) is 5.75 Å². The van der Waals surface area contributed by atoms with Crippen LogP contribution in [0.15, 0.2) is 0 Å². The lowest BCUT2D eigenvalue weighted by Gasteiger charge is -2.14. The summed E-state index contributed by atoms with van der Waals surface area (Å²) in [5.41, 5.74) is 0. The number of hydrogen-bond donors (Lipinski definition) is 1. The highest BCUT2D eigenvalue weighted by Crippen LogP contribution is 2.18. The maximum absolute atomic E-state index is 10.7. The van der Waals surface area contributed by atoms with Crippen LogP contribution < -0.4 is 0 Å². The maximum atomic E-state index is 10.7. The molecule has 0 spiro atoms. The van der Waals surface area contributed by atoms with Gasteiger partial charge in [0, 0.05) is 0 Å². The maximum Gasteiger partial charge on any atom is 0.264 e. The lowest BCUT2D eigenvalue weighted by Crippen LogP contribution is -2.15. The SMILES string of the molecule is CCCCCCCCCC(CCS(=O)(=O)O)C(C)=S. The summed E-state index contributed by atoms with van der Waals surface area (Å²) in [7, 11) is -3.86. The Kier molecular flexibility index (Phi) is 10.7. The molecule has 0 saturated heterocycles. The molecule has 3 nitrogen and oxygen atoms in total. The molecule has 1 unspecified atom stereocenters. The van der Waals surface area contributed by atoms with E-state index < -0.39 is 10.1 Å². The molecule has 114 valence electrons. The number of hydrogen-bond acceptors (Lipinski definition) is 3. The molecular formula is C14H28O3S2. The summed E-state index contributed by atoms with van der Waals surface area (Å²) < 4.78 is 30.3. The van der Waals surface area contributed by atoms with Gasteiger partial charge in [0.2, 0.25) is 0 Å². The molecule has 0 aliphatic heterocycles. The van der Waals surface area contributed by atoms with Crippen molar-refractivity contribution in [1.29, 1.82) is 0 Å². The van der Waals surface area contributed by atoms with Crippen molar-refractivity contribution in [2.45, 2.75) is 71.6 Å². The molecule has 0 aromatic carbocycles. The van der Waals surface area contributed by atoms with Gasteiger partial charge in [-0.25, -0.2) is 0 Å². The van der Waals surface area contributed by atoms with Gasteiger partial charge >= 0.3 is 0 Å². The van der Waals surface area contributed by atoms with Crippen LogP contribution in [-0.4, -0.2) is 23.6 Å². The van der Waals surface area contributed by atoms with E-state index in [1.807, 2.05) is 6.92 Å². The first-order valence-corrected chi connectivity index (χ1v) is 9.34. The molecule has 0 bridgehead atoms. The second kappa shape index (κ2) is 10.7. The van der Waals surface area contributed by atoms with E-state index in [2.05, 4.69) is 6.92 Å². The summed E-state index contributed by atoms with van der Waals surface area (Å²) in [5, 5.41) is 0. The Morgan fingerprint density at radius 1 is 1.05 bits per heavy atom. The van der Waals surface area contributed by atoms with Crippen LogP contribution in [0.3, 0.4) is 0 Å². The Hall–Kier alpha value is -0.0000000000000000555. The zero-order valence-electron chi connectivity index (χ0n) is 12.2. The molecule has 0 radical (unpaired) electrons. The van der Waals surface area contributed by atoms with Crippen molar-refractivity contribution in [2.75, 3.05) is 5.75 Å². The Morgan fingerprint density at radius 2 is 1.58 bits per heavy atom. The minimum atomic E-state index is -3.86. The smallest absolute Gasteiger partial charge is 0.264 e. The fourth-order valence-electron chi connectivity index (χ4n) is 2.19. The molecule has 0 amide bonds. The molecule has 19 heavy (non-hydrogen) atoms. The highest BCUT2D eigenvalue weighted by molar-refractivity contribution is 7.85. The molecule has 1 atom stereocenters. The van der Waals surface area contributed by atoms with E-state index in [1.54, 1.807) is 0 Å². The fraction of sp³-hybridized carbons (Fsp3) is 0.929. The zero-order chi connectivity index (χ0) is 14.7. The van der Waals surface area contributed by atoms with Crippen molar-refractivity contribution in [3.05, 3.63) is 0 Å². The average molecular weight is 309 g/mol. The van der Waals surface area contributed by atoms with E-state index in [-0.39, 0.29) is 11.7 Å². The lowest BCUT2D eigenvalue weighted by atomic mass is 9.95. The highest BCUT2D eigenvalue weighted by Gasteiger charge is 2.14. The monoisotopic (exact) mass is 308 g/mol. The van der Waals surface area contributed by atoms with Gasteiger partial charge in [0.15, 0.2) is 0 Å². The number of thiocarbonyl (C=S) groups is 1. The molecule has 0 aromatic rings. The van der Waals surface area contributed by atoms with Gasteiger partial charge in [-0.3, -0.25) is 4.55 Å². The molecule has 0 heterocycles. The average Bonchev–Trinajstić information content (AvgIpc) is 2.30. The van der Waals surface area contributed by atoms with Crippen LogP contribution in [-0.2, 0) is 10.1 Å². The van der Waals surface area contributed by atoms with Crippen LogP contribution in [0.1, 0.15) is 71.6 Å². The van der Waals surface area contributed by atoms with Gasteiger partial charge in [-0.05, 0) is 30.5 Å². The zero-order valence-corrected chi connectivity index (χ0v) is 13.9. The molecule has 5 heteroatoms. The Bertz CT molecular complexity index is 337. The van der Waals surface area contributed by atoms with Crippen molar-refractivity contribution >= 4 is 27.2 Å². The molecule has 1 N–H and O–H groups in total. The molecule has 0 rings (SSSR count). The second-order valence-electron chi connectivity index (χ2n) is 5.29. The van der Waals surface area contributed by atoms with Crippen LogP contribution in [0.5, 0.6) is 0 Å². The van der Waals surface area contributed by atoms with Crippen LogP contribution in [0, 0.1) is 5.92 Å². The predicted molar refractivity (Wildman–Crippen MR) is 85.4 cm³/mol. The van der Waals surface area contributed by atoms with Crippen molar-refractivity contribution < 1.29 is 13.0 Å². The Labute approximate surface area is 123 Å². The van der Waals surface area contributed by atoms with E-state index in [9.17, 15) is 8.42 Å². The fourth-order valence-corrected chi connectivity index (χ4v) is 3.01. The largest absolute Gasteiger partial charge is 0.286 e. The van der Waals surface area contributed by atoms with E-state index in [4.69, 9.17) is 16.8 Å². The van der Waals surface area contributed by atoms with Crippen molar-refractivity contribution in [3.8, 4) is 0 Å². The summed E-state index contributed by atoms with van der Waals surface area (Å²) in [5.74, 6) is -0.0325. The summed E-state index contributed by atoms with van der Waals surface area (Å²) >= 11 is 5.16. The van der Waals surface area contributed by atoms with Gasteiger partial charge in [0.25, 0.3) is 10.1 Å². The summed E-state index contributed by atoms with van der Waals surface area (Å²) in [6.07, 6.45) is 10.1. The standard InChI is InChI=1S/C14H28O3S2/c1-3-4-5-6-7-8-9-10-14(13(2)18)11-12-19(15,16)17/h14H,3-12H2,1-2H3,(H,15,16,17). The molecule has 0 fully saturated rings. The van der Waals surface area contributed by atoms with Gasteiger partial charge in [0.1, 0.15) is 0 Å². The van der Waals surface area contributed by atoms with Crippen LogP contribution in [0.25, 0.3) is 0 Å². The third kappa shape index (κ3) is 12.8. The number of unbranched alkanes of at least 4 members (excludes halogenated alkanes) is 6. The van der Waals surface area contributed by atoms with Gasteiger partial charge < -0.3 is 0 Å². The van der Waals surface area contributed by atoms with E-state index in [0.717, 1.165) is 17.7 Å². The summed E-state index contributed by atoms with van der Waals surface area (Å²) in [4.78, 5) is 0.856.